The number of anilines is 2. The zero-order valence-electron chi connectivity index (χ0n) is 15.9. The van der Waals surface area contributed by atoms with E-state index in [2.05, 4.69) is 5.10 Å². The minimum Gasteiger partial charge on any atom is -0.455 e. The molecule has 0 aliphatic carbocycles. The van der Waals surface area contributed by atoms with E-state index in [4.69, 9.17) is 9.56 Å². The molecule has 0 fully saturated rings. The zero-order valence-corrected chi connectivity index (χ0v) is 16.7. The van der Waals surface area contributed by atoms with Crippen molar-refractivity contribution < 1.29 is 12.8 Å². The highest BCUT2D eigenvalue weighted by Gasteiger charge is 2.10. The lowest BCUT2D eigenvalue weighted by Crippen LogP contribution is -2.11. The van der Waals surface area contributed by atoms with Gasteiger partial charge < -0.3 is 4.42 Å². The number of nitrogens with two attached hydrogens (primary N) is 1. The summed E-state index contributed by atoms with van der Waals surface area (Å²) in [6.45, 7) is 0. The molecule has 30 heavy (non-hydrogen) atoms. The topological polar surface area (TPSA) is 88.9 Å². The summed E-state index contributed by atoms with van der Waals surface area (Å²) in [4.78, 5) is 0.0564. The molecule has 0 aliphatic rings. The largest absolute Gasteiger partial charge is 0.455 e. The van der Waals surface area contributed by atoms with Gasteiger partial charge in [-0.25, -0.2) is 18.6 Å². The molecule has 0 saturated carbocycles. The SMILES string of the molecule is NS(=O)(=O)c1ccc(-c2ccc(/C=N\N(c3ccccc3)c3ccccc3)o2)cc1. The van der Waals surface area contributed by atoms with E-state index in [-0.39, 0.29) is 4.90 Å². The van der Waals surface area contributed by atoms with Crippen LogP contribution in [-0.2, 0) is 10.0 Å². The lowest BCUT2D eigenvalue weighted by atomic mass is 10.2. The molecule has 1 heterocycles. The van der Waals surface area contributed by atoms with Crippen LogP contribution in [0.15, 0.2) is 111 Å². The van der Waals surface area contributed by atoms with Crippen LogP contribution >= 0.6 is 0 Å². The molecule has 7 heteroatoms. The van der Waals surface area contributed by atoms with Gasteiger partial charge in [-0.15, -0.1) is 0 Å². The van der Waals surface area contributed by atoms with E-state index in [9.17, 15) is 8.42 Å². The van der Waals surface area contributed by atoms with Crippen molar-refractivity contribution in [1.82, 2.24) is 0 Å². The van der Waals surface area contributed by atoms with Crippen LogP contribution in [0, 0.1) is 0 Å². The number of para-hydroxylation sites is 2. The number of rotatable bonds is 6. The third kappa shape index (κ3) is 4.48. The molecular weight excluding hydrogens is 398 g/mol. The Kier molecular flexibility index (Phi) is 5.47. The van der Waals surface area contributed by atoms with Crippen LogP contribution in [0.2, 0.25) is 0 Å². The Morgan fingerprint density at radius 3 is 1.87 bits per heavy atom. The Hall–Kier alpha value is -3.68. The van der Waals surface area contributed by atoms with E-state index in [1.54, 1.807) is 24.4 Å². The van der Waals surface area contributed by atoms with Gasteiger partial charge in [0.1, 0.15) is 11.5 Å². The van der Waals surface area contributed by atoms with Crippen molar-refractivity contribution in [1.29, 1.82) is 0 Å². The second-order valence-electron chi connectivity index (χ2n) is 6.50. The van der Waals surface area contributed by atoms with Crippen molar-refractivity contribution >= 4 is 27.6 Å². The highest BCUT2D eigenvalue weighted by Crippen LogP contribution is 2.26. The number of hydrogen-bond donors (Lipinski definition) is 1. The summed E-state index contributed by atoms with van der Waals surface area (Å²) in [6, 6.07) is 29.5. The van der Waals surface area contributed by atoms with E-state index < -0.39 is 10.0 Å². The van der Waals surface area contributed by atoms with Crippen LogP contribution in [0.5, 0.6) is 0 Å². The summed E-state index contributed by atoms with van der Waals surface area (Å²) < 4.78 is 28.7. The molecule has 0 bridgehead atoms. The molecule has 150 valence electrons. The molecule has 2 N–H and O–H groups in total. The van der Waals surface area contributed by atoms with Crippen LogP contribution in [0.4, 0.5) is 11.4 Å². The van der Waals surface area contributed by atoms with E-state index in [0.717, 1.165) is 16.9 Å². The maximum Gasteiger partial charge on any atom is 0.238 e. The zero-order chi connectivity index (χ0) is 21.0. The van der Waals surface area contributed by atoms with Gasteiger partial charge in [0.2, 0.25) is 10.0 Å². The first-order chi connectivity index (χ1) is 14.5. The monoisotopic (exact) mass is 417 g/mol. The average molecular weight is 417 g/mol. The number of sulfonamides is 1. The molecular formula is C23H19N3O3S. The van der Waals surface area contributed by atoms with Crippen molar-refractivity contribution in [2.75, 3.05) is 5.01 Å². The Morgan fingerprint density at radius 2 is 1.33 bits per heavy atom. The molecule has 0 radical (unpaired) electrons. The summed E-state index contributed by atoms with van der Waals surface area (Å²) in [5.41, 5.74) is 2.58. The first kappa shape index (κ1) is 19.6. The van der Waals surface area contributed by atoms with Gasteiger partial charge in [0.15, 0.2) is 0 Å². The average Bonchev–Trinajstić information content (AvgIpc) is 3.24. The molecule has 1 aromatic heterocycles. The maximum atomic E-state index is 11.4. The smallest absolute Gasteiger partial charge is 0.238 e. The lowest BCUT2D eigenvalue weighted by molar-refractivity contribution is 0.574. The Labute approximate surface area is 174 Å². The predicted molar refractivity (Wildman–Crippen MR) is 118 cm³/mol. The van der Waals surface area contributed by atoms with Gasteiger partial charge in [-0.1, -0.05) is 36.4 Å². The molecule has 0 saturated heterocycles. The quantitative estimate of drug-likeness (QED) is 0.362. The van der Waals surface area contributed by atoms with Crippen molar-refractivity contribution in [2.24, 2.45) is 10.2 Å². The molecule has 0 spiro atoms. The highest BCUT2D eigenvalue weighted by atomic mass is 32.2. The highest BCUT2D eigenvalue weighted by molar-refractivity contribution is 7.89. The molecule has 3 aromatic carbocycles. The first-order valence-corrected chi connectivity index (χ1v) is 10.7. The summed E-state index contributed by atoms with van der Waals surface area (Å²) in [6.07, 6.45) is 1.64. The Balaban J connectivity index is 1.60. The van der Waals surface area contributed by atoms with Gasteiger partial charge in [-0.3, -0.25) is 0 Å². The van der Waals surface area contributed by atoms with Gasteiger partial charge >= 0.3 is 0 Å². The maximum absolute atomic E-state index is 11.4. The molecule has 6 nitrogen and oxygen atoms in total. The third-order valence-electron chi connectivity index (χ3n) is 4.40. The number of primary sulfonamides is 1. The minimum absolute atomic E-state index is 0.0564. The molecule has 0 unspecified atom stereocenters. The van der Waals surface area contributed by atoms with Crippen molar-refractivity contribution in [3.63, 3.8) is 0 Å². The van der Waals surface area contributed by atoms with Gasteiger partial charge in [0.05, 0.1) is 22.5 Å². The van der Waals surface area contributed by atoms with Crippen molar-refractivity contribution in [2.45, 2.75) is 4.90 Å². The number of benzene rings is 3. The fraction of sp³-hybridized carbons (Fsp3) is 0. The van der Waals surface area contributed by atoms with Crippen LogP contribution in [0.1, 0.15) is 5.76 Å². The first-order valence-electron chi connectivity index (χ1n) is 9.18. The van der Waals surface area contributed by atoms with Crippen molar-refractivity contribution in [3.8, 4) is 11.3 Å². The second kappa shape index (κ2) is 8.36. The predicted octanol–water partition coefficient (Wildman–Crippen LogP) is 4.77. The summed E-state index contributed by atoms with van der Waals surface area (Å²) in [5.74, 6) is 1.17. The number of hydrogen-bond acceptors (Lipinski definition) is 5. The van der Waals surface area contributed by atoms with Crippen LogP contribution in [-0.4, -0.2) is 14.6 Å². The van der Waals surface area contributed by atoms with Gasteiger partial charge in [-0.05, 0) is 60.7 Å². The number of hydrazone groups is 1. The number of furan rings is 1. The normalized spacial score (nSPS) is 11.6. The van der Waals surface area contributed by atoms with Gasteiger partial charge in [0, 0.05) is 5.56 Å². The van der Waals surface area contributed by atoms with Crippen LogP contribution in [0.25, 0.3) is 11.3 Å². The van der Waals surface area contributed by atoms with E-state index >= 15 is 0 Å². The summed E-state index contributed by atoms with van der Waals surface area (Å²) in [5, 5.41) is 11.6. The van der Waals surface area contributed by atoms with Gasteiger partial charge in [-0.2, -0.15) is 5.10 Å². The van der Waals surface area contributed by atoms with E-state index in [1.165, 1.54) is 12.1 Å². The fourth-order valence-corrected chi connectivity index (χ4v) is 3.44. The van der Waals surface area contributed by atoms with Gasteiger partial charge in [0.25, 0.3) is 0 Å². The molecule has 0 amide bonds. The second-order valence-corrected chi connectivity index (χ2v) is 8.06. The number of nitrogens with zero attached hydrogens (tertiary/aromatic N) is 2. The fourth-order valence-electron chi connectivity index (χ4n) is 2.92. The molecule has 0 atom stereocenters. The minimum atomic E-state index is -3.72. The summed E-state index contributed by atoms with van der Waals surface area (Å²) >= 11 is 0. The Morgan fingerprint density at radius 1 is 0.767 bits per heavy atom. The van der Waals surface area contributed by atoms with Crippen molar-refractivity contribution in [3.05, 3.63) is 103 Å². The molecule has 0 aliphatic heterocycles. The molecule has 4 aromatic rings. The molecule has 4 rings (SSSR count). The Bertz CT molecular complexity index is 1210. The van der Waals surface area contributed by atoms with Crippen LogP contribution in [0.3, 0.4) is 0 Å². The van der Waals surface area contributed by atoms with Crippen LogP contribution < -0.4 is 10.1 Å². The lowest BCUT2D eigenvalue weighted by Gasteiger charge is -2.18. The van der Waals surface area contributed by atoms with E-state index in [1.807, 2.05) is 71.7 Å². The summed E-state index contributed by atoms with van der Waals surface area (Å²) in [7, 11) is -3.72. The standard InChI is InChI=1S/C23H19N3O3S/c24-30(27,28)22-14-11-18(12-15-22)23-16-13-21(29-23)17-25-26(19-7-3-1-4-8-19)20-9-5-2-6-10-20/h1-17H,(H2,24,27,28)/b25-17-. The van der Waals surface area contributed by atoms with E-state index in [0.29, 0.717) is 11.5 Å². The third-order valence-corrected chi connectivity index (χ3v) is 5.33.